The van der Waals surface area contributed by atoms with Crippen LogP contribution in [0.25, 0.3) is 0 Å². The molecule has 0 unspecified atom stereocenters. The van der Waals surface area contributed by atoms with E-state index in [1.165, 1.54) is 0 Å². The molecule has 0 aliphatic heterocycles. The van der Waals surface area contributed by atoms with E-state index in [1.54, 1.807) is 8.78 Å². The van der Waals surface area contributed by atoms with Gasteiger partial charge in [-0.2, -0.15) is 0 Å². The second-order valence-corrected chi connectivity index (χ2v) is 3.46. The van der Waals surface area contributed by atoms with Crippen molar-refractivity contribution in [2.24, 2.45) is 0 Å². The molecule has 0 rings (SSSR count). The topological polar surface area (TPSA) is 9.23 Å². The second kappa shape index (κ2) is 7.10. The molecule has 0 radical (unpaired) electrons. The highest BCUT2D eigenvalue weighted by atomic mass is 127. The van der Waals surface area contributed by atoms with Gasteiger partial charge in [-0.15, -0.1) is 8.78 Å². The van der Waals surface area contributed by atoms with Crippen molar-refractivity contribution in [1.29, 1.82) is 0 Å². The van der Waals surface area contributed by atoms with Crippen LogP contribution in [0.4, 0.5) is 0 Å². The summed E-state index contributed by atoms with van der Waals surface area (Å²) in [4.78, 5) is 0. The third kappa shape index (κ3) is 7.10. The summed E-state index contributed by atoms with van der Waals surface area (Å²) in [6.07, 6.45) is 1.12. The largest absolute Gasteiger partial charge is 0.428 e. The Hall–Kier alpha value is 1.10. The molecule has 0 aromatic carbocycles. The average Bonchev–Trinajstić information content (AvgIpc) is 1.69. The molecule has 0 bridgehead atoms. The Morgan fingerprint density at radius 3 is 3.00 bits per heavy atom. The third-order valence-corrected chi connectivity index (χ3v) is 1.49. The Balaban J connectivity index is 2.45. The average molecular weight is 230 g/mol. The lowest BCUT2D eigenvalue weighted by molar-refractivity contribution is 0.346. The van der Waals surface area contributed by atoms with Gasteiger partial charge in [0.2, 0.25) is 0 Å². The van der Waals surface area contributed by atoms with E-state index in [0.717, 1.165) is 19.8 Å². The van der Waals surface area contributed by atoms with Gasteiger partial charge in [-0.25, -0.2) is 0 Å². The summed E-state index contributed by atoms with van der Waals surface area (Å²) in [6, 6.07) is 0. The Morgan fingerprint density at radius 2 is 2.57 bits per heavy atom. The Labute approximate surface area is 61.3 Å². The highest BCUT2D eigenvalue weighted by Gasteiger charge is 1.83. The molecule has 1 nitrogen and oxygen atoms in total. The fourth-order valence-corrected chi connectivity index (χ4v) is 0.955. The summed E-state index contributed by atoms with van der Waals surface area (Å²) in [5, 5.41) is 0. The van der Waals surface area contributed by atoms with Crippen LogP contribution in [0.2, 0.25) is 0 Å². The zero-order valence-corrected chi connectivity index (χ0v) is 7.29. The Morgan fingerprint density at radius 1 is 1.86 bits per heavy atom. The minimum Gasteiger partial charge on any atom is -0.428 e. The van der Waals surface area contributed by atoms with Crippen molar-refractivity contribution in [2.45, 2.75) is 13.3 Å². The van der Waals surface area contributed by atoms with Crippen molar-refractivity contribution in [3.05, 3.63) is 0 Å². The van der Waals surface area contributed by atoms with Gasteiger partial charge in [0.05, 0.1) is 0 Å². The van der Waals surface area contributed by atoms with Crippen LogP contribution < -0.4 is 0 Å². The smallest absolute Gasteiger partial charge is 0.353 e. The molecule has 0 aromatic rings. The number of hydrogen-bond donors (Lipinski definition) is 0. The van der Waals surface area contributed by atoms with Gasteiger partial charge in [-0.3, -0.25) is 0 Å². The zero-order chi connectivity index (χ0) is 5.54. The lowest BCUT2D eigenvalue weighted by Gasteiger charge is -1.92. The molecule has 0 atom stereocenters. The minimum atomic E-state index is 0.828. The van der Waals surface area contributed by atoms with Crippen LogP contribution in [0.5, 0.6) is 0 Å². The van der Waals surface area contributed by atoms with E-state index in [-0.39, 0.29) is 0 Å². The van der Waals surface area contributed by atoms with Crippen molar-refractivity contribution in [1.82, 2.24) is 0 Å². The molecule has 7 heavy (non-hydrogen) atoms. The van der Waals surface area contributed by atoms with Crippen LogP contribution in [0.1, 0.15) is 13.3 Å². The number of hydrogen-bond acceptors (Lipinski definition) is 2. The highest BCUT2D eigenvalue weighted by molar-refractivity contribution is 14.2. The van der Waals surface area contributed by atoms with Gasteiger partial charge < -0.3 is 4.65 Å². The molecule has 0 spiro atoms. The summed E-state index contributed by atoms with van der Waals surface area (Å²) < 4.78 is 5.09. The predicted octanol–water partition coefficient (Wildman–Crippen LogP) is 1.76. The lowest BCUT2D eigenvalue weighted by Crippen LogP contribution is -1.92. The maximum atomic E-state index is 5.09. The lowest BCUT2D eigenvalue weighted by atomic mass is 10.5. The first-order chi connectivity index (χ1) is 3.41. The van der Waals surface area contributed by atoms with Crippen molar-refractivity contribution in [2.75, 3.05) is 6.61 Å². The molecule has 0 amide bonds. The molecule has 0 aliphatic carbocycles. The number of rotatable bonds is 4. The van der Waals surface area contributed by atoms with Gasteiger partial charge >= 0.3 is 6.76 Å². The van der Waals surface area contributed by atoms with Crippen LogP contribution in [0.15, 0.2) is 0 Å². The molecule has 0 heterocycles. The number of halogens is 1. The summed E-state index contributed by atoms with van der Waals surface area (Å²) in [5.74, 6) is 0. The molecule has 42 valence electrons. The van der Waals surface area contributed by atoms with Crippen molar-refractivity contribution in [3.63, 3.8) is 0 Å². The van der Waals surface area contributed by atoms with Crippen molar-refractivity contribution >= 4 is 36.8 Å². The third-order valence-electron chi connectivity index (χ3n) is 0.476. The van der Waals surface area contributed by atoms with Gasteiger partial charge in [0.25, 0.3) is 0 Å². The first kappa shape index (κ1) is 8.10. The van der Waals surface area contributed by atoms with Crippen LogP contribution in [-0.2, 0) is 4.65 Å². The van der Waals surface area contributed by atoms with E-state index in [0.29, 0.717) is 0 Å². The molecular formula is C3H8BIOS. The maximum absolute atomic E-state index is 5.09. The van der Waals surface area contributed by atoms with Crippen LogP contribution in [0, 0.1) is 0 Å². The molecule has 0 aromatic heterocycles. The van der Waals surface area contributed by atoms with Crippen molar-refractivity contribution < 1.29 is 4.65 Å². The van der Waals surface area contributed by atoms with E-state index in [2.05, 4.69) is 28.1 Å². The molecule has 0 fully saturated rings. The SMILES string of the molecule is CCCOBSI. The molecule has 0 N–H and O–H groups in total. The van der Waals surface area contributed by atoms with Gasteiger partial charge in [0, 0.05) is 6.61 Å². The second-order valence-electron chi connectivity index (χ2n) is 1.14. The Kier molecular flexibility index (Phi) is 8.23. The zero-order valence-electron chi connectivity index (χ0n) is 4.32. The summed E-state index contributed by atoms with van der Waals surface area (Å²) in [6.45, 7) is 3.84. The molecule has 0 aliphatic rings. The van der Waals surface area contributed by atoms with Gasteiger partial charge in [0.1, 0.15) is 0 Å². The van der Waals surface area contributed by atoms with E-state index < -0.39 is 0 Å². The molecule has 4 heteroatoms. The molecular weight excluding hydrogens is 222 g/mol. The standard InChI is InChI=1S/C3H8BIOS/c1-2-3-6-4-7-5/h4H,2-3H2,1H3. The van der Waals surface area contributed by atoms with Crippen LogP contribution in [-0.4, -0.2) is 13.4 Å². The summed E-state index contributed by atoms with van der Waals surface area (Å²) in [5.41, 5.74) is 0. The van der Waals surface area contributed by atoms with Crippen LogP contribution >= 0.6 is 30.0 Å². The van der Waals surface area contributed by atoms with Gasteiger partial charge in [-0.1, -0.05) is 6.92 Å². The van der Waals surface area contributed by atoms with Crippen molar-refractivity contribution in [3.8, 4) is 0 Å². The molecule has 0 saturated heterocycles. The van der Waals surface area contributed by atoms with E-state index in [9.17, 15) is 0 Å². The summed E-state index contributed by atoms with van der Waals surface area (Å²) in [7, 11) is 1.69. The van der Waals surface area contributed by atoms with Gasteiger partial charge in [-0.05, 0) is 27.6 Å². The first-order valence-electron chi connectivity index (χ1n) is 2.23. The Bertz CT molecular complexity index is 34.1. The van der Waals surface area contributed by atoms with Crippen LogP contribution in [0.3, 0.4) is 0 Å². The summed E-state index contributed by atoms with van der Waals surface area (Å²) >= 11 is 2.22. The quantitative estimate of drug-likeness (QED) is 0.413. The fraction of sp³-hybridized carbons (Fsp3) is 1.00. The highest BCUT2D eigenvalue weighted by Crippen LogP contribution is 2.06. The predicted molar refractivity (Wildman–Crippen MR) is 45.0 cm³/mol. The monoisotopic (exact) mass is 230 g/mol. The minimum absolute atomic E-state index is 0.828. The normalized spacial score (nSPS) is 8.86. The fourth-order valence-electron chi connectivity index (χ4n) is 0.235. The molecule has 0 saturated carbocycles. The van der Waals surface area contributed by atoms with E-state index in [4.69, 9.17) is 4.65 Å². The van der Waals surface area contributed by atoms with E-state index >= 15 is 0 Å². The van der Waals surface area contributed by atoms with Gasteiger partial charge in [0.15, 0.2) is 0 Å². The first-order valence-corrected chi connectivity index (χ1v) is 5.76. The van der Waals surface area contributed by atoms with E-state index in [1.807, 2.05) is 0 Å². The maximum Gasteiger partial charge on any atom is 0.353 e.